The quantitative estimate of drug-likeness (QED) is 0.358. The van der Waals surface area contributed by atoms with Gasteiger partial charge >= 0.3 is 0 Å². The number of hydrogen-bond donors (Lipinski definition) is 2. The molecule has 0 aliphatic carbocycles. The number of nitrogens with zero attached hydrogens (tertiary/aromatic N) is 2. The van der Waals surface area contributed by atoms with Gasteiger partial charge < -0.3 is 20.1 Å². The Morgan fingerprint density at radius 2 is 2.03 bits per heavy atom. The van der Waals surface area contributed by atoms with Crippen LogP contribution in [-0.2, 0) is 22.4 Å². The third kappa shape index (κ3) is 7.96. The Balaban J connectivity index is 1.29. The van der Waals surface area contributed by atoms with Gasteiger partial charge in [-0.2, -0.15) is 0 Å². The average molecular weight is 403 g/mol. The first-order chi connectivity index (χ1) is 14.3. The van der Waals surface area contributed by atoms with Crippen LogP contribution in [0.5, 0.6) is 0 Å². The molecule has 0 aromatic heterocycles. The normalized spacial score (nSPS) is 18.4. The molecule has 6 heteroatoms. The van der Waals surface area contributed by atoms with Crippen LogP contribution in [-0.4, -0.2) is 70.0 Å². The predicted molar refractivity (Wildman–Crippen MR) is 118 cm³/mol. The Bertz CT molecular complexity index is 617. The number of ether oxygens (including phenoxy) is 2. The molecule has 0 radical (unpaired) electrons. The van der Waals surface area contributed by atoms with E-state index >= 15 is 0 Å². The van der Waals surface area contributed by atoms with Gasteiger partial charge in [-0.25, -0.2) is 0 Å². The van der Waals surface area contributed by atoms with Gasteiger partial charge in [0.2, 0.25) is 0 Å². The fourth-order valence-electron chi connectivity index (χ4n) is 3.94. The van der Waals surface area contributed by atoms with Gasteiger partial charge in [0, 0.05) is 65.7 Å². The van der Waals surface area contributed by atoms with Gasteiger partial charge in [-0.05, 0) is 49.7 Å². The summed E-state index contributed by atoms with van der Waals surface area (Å²) in [6, 6.07) is 8.80. The lowest BCUT2D eigenvalue weighted by molar-refractivity contribution is 0.0205. The fourth-order valence-corrected chi connectivity index (χ4v) is 3.94. The van der Waals surface area contributed by atoms with Gasteiger partial charge in [-0.15, -0.1) is 0 Å². The van der Waals surface area contributed by atoms with Crippen molar-refractivity contribution in [2.24, 2.45) is 10.9 Å². The van der Waals surface area contributed by atoms with Crippen molar-refractivity contribution in [3.63, 3.8) is 0 Å². The maximum Gasteiger partial charge on any atom is 0.191 e. The number of guanidine groups is 1. The molecule has 2 N–H and O–H groups in total. The molecular formula is C23H38N4O2. The van der Waals surface area contributed by atoms with Crippen LogP contribution in [0.3, 0.4) is 0 Å². The molecule has 6 nitrogen and oxygen atoms in total. The number of nitrogens with one attached hydrogen (secondary N) is 2. The first-order valence-corrected chi connectivity index (χ1v) is 11.3. The Labute approximate surface area is 176 Å². The highest BCUT2D eigenvalue weighted by Crippen LogP contribution is 2.17. The van der Waals surface area contributed by atoms with Crippen LogP contribution in [0.2, 0.25) is 0 Å². The molecule has 1 aromatic carbocycles. The number of benzene rings is 1. The van der Waals surface area contributed by atoms with Crippen molar-refractivity contribution in [1.29, 1.82) is 0 Å². The number of hydrogen-bond acceptors (Lipinski definition) is 4. The van der Waals surface area contributed by atoms with Gasteiger partial charge in [0.15, 0.2) is 5.96 Å². The van der Waals surface area contributed by atoms with Gasteiger partial charge in [0.1, 0.15) is 0 Å². The number of rotatable bonds is 10. The molecule has 3 rings (SSSR count). The first kappa shape index (κ1) is 22.1. The molecule has 0 amide bonds. The van der Waals surface area contributed by atoms with Crippen LogP contribution in [0, 0.1) is 5.92 Å². The average Bonchev–Trinajstić information content (AvgIpc) is 2.76. The van der Waals surface area contributed by atoms with E-state index in [1.165, 1.54) is 11.1 Å². The molecule has 0 saturated carbocycles. The topological polar surface area (TPSA) is 58.1 Å². The number of aliphatic imine (C=N–C) groups is 1. The van der Waals surface area contributed by atoms with Gasteiger partial charge in [0.05, 0.1) is 0 Å². The summed E-state index contributed by atoms with van der Waals surface area (Å²) in [6.45, 7) is 11.3. The molecule has 1 fully saturated rings. The minimum atomic E-state index is 0.674. The van der Waals surface area contributed by atoms with E-state index in [0.717, 1.165) is 97.3 Å². The van der Waals surface area contributed by atoms with Crippen molar-refractivity contribution >= 4 is 5.96 Å². The molecule has 0 unspecified atom stereocenters. The van der Waals surface area contributed by atoms with Crippen LogP contribution in [0.15, 0.2) is 29.3 Å². The smallest absolute Gasteiger partial charge is 0.191 e. The zero-order valence-corrected chi connectivity index (χ0v) is 18.0. The molecule has 2 heterocycles. The monoisotopic (exact) mass is 402 g/mol. The molecule has 0 atom stereocenters. The lowest BCUT2D eigenvalue weighted by atomic mass is 10.00. The Morgan fingerprint density at radius 3 is 2.86 bits per heavy atom. The van der Waals surface area contributed by atoms with E-state index in [1.54, 1.807) is 0 Å². The third-order valence-electron chi connectivity index (χ3n) is 5.69. The zero-order chi connectivity index (χ0) is 20.2. The van der Waals surface area contributed by atoms with E-state index in [1.807, 2.05) is 0 Å². The first-order valence-electron chi connectivity index (χ1n) is 11.3. The van der Waals surface area contributed by atoms with Crippen LogP contribution in [0.1, 0.15) is 37.3 Å². The van der Waals surface area contributed by atoms with Crippen LogP contribution in [0.4, 0.5) is 0 Å². The summed E-state index contributed by atoms with van der Waals surface area (Å²) in [7, 11) is 0. The predicted octanol–water partition coefficient (Wildman–Crippen LogP) is 2.43. The highest BCUT2D eigenvalue weighted by atomic mass is 16.5. The van der Waals surface area contributed by atoms with E-state index < -0.39 is 0 Å². The van der Waals surface area contributed by atoms with Crippen molar-refractivity contribution in [1.82, 2.24) is 15.5 Å². The summed E-state index contributed by atoms with van der Waals surface area (Å²) in [6.07, 6.45) is 4.38. The largest absolute Gasteiger partial charge is 0.381 e. The van der Waals surface area contributed by atoms with Gasteiger partial charge in [0.25, 0.3) is 0 Å². The SMILES string of the molecule is CCNC(=NCCCOCC1CCOCC1)NCCN1CCc2ccccc2C1. The van der Waals surface area contributed by atoms with E-state index in [2.05, 4.69) is 46.7 Å². The summed E-state index contributed by atoms with van der Waals surface area (Å²) in [5.74, 6) is 1.59. The molecule has 2 aliphatic rings. The van der Waals surface area contributed by atoms with E-state index in [4.69, 9.17) is 14.5 Å². The lowest BCUT2D eigenvalue weighted by Crippen LogP contribution is -2.42. The molecule has 0 spiro atoms. The van der Waals surface area contributed by atoms with Gasteiger partial charge in [-0.1, -0.05) is 24.3 Å². The van der Waals surface area contributed by atoms with Crippen LogP contribution < -0.4 is 10.6 Å². The van der Waals surface area contributed by atoms with Crippen molar-refractivity contribution in [3.05, 3.63) is 35.4 Å². The van der Waals surface area contributed by atoms with Crippen molar-refractivity contribution in [3.8, 4) is 0 Å². The standard InChI is InChI=1S/C23H38N4O2/c1-2-24-23(25-11-5-15-29-19-20-9-16-28-17-10-20)26-12-14-27-13-8-21-6-3-4-7-22(21)18-27/h3-4,6-7,20H,2,5,8-19H2,1H3,(H2,24,25,26). The fraction of sp³-hybridized carbons (Fsp3) is 0.696. The maximum atomic E-state index is 5.83. The summed E-state index contributed by atoms with van der Waals surface area (Å²) < 4.78 is 11.2. The molecule has 0 bridgehead atoms. The van der Waals surface area contributed by atoms with E-state index in [9.17, 15) is 0 Å². The molecular weight excluding hydrogens is 364 g/mol. The second-order valence-corrected chi connectivity index (χ2v) is 7.97. The summed E-state index contributed by atoms with van der Waals surface area (Å²) in [5.41, 5.74) is 2.98. The molecule has 162 valence electrons. The second kappa shape index (κ2) is 12.8. The Kier molecular flexibility index (Phi) is 9.76. The van der Waals surface area contributed by atoms with Crippen molar-refractivity contribution < 1.29 is 9.47 Å². The maximum absolute atomic E-state index is 5.83. The third-order valence-corrected chi connectivity index (χ3v) is 5.69. The second-order valence-electron chi connectivity index (χ2n) is 7.97. The van der Waals surface area contributed by atoms with Crippen molar-refractivity contribution in [2.45, 2.75) is 39.2 Å². The number of fused-ring (bicyclic) bond motifs is 1. The van der Waals surface area contributed by atoms with Crippen molar-refractivity contribution in [2.75, 3.05) is 59.2 Å². The van der Waals surface area contributed by atoms with E-state index in [0.29, 0.717) is 5.92 Å². The molecule has 2 aliphatic heterocycles. The lowest BCUT2D eigenvalue weighted by Gasteiger charge is -2.28. The summed E-state index contributed by atoms with van der Waals surface area (Å²) in [5, 5.41) is 6.82. The summed E-state index contributed by atoms with van der Waals surface area (Å²) in [4.78, 5) is 7.21. The molecule has 1 aromatic rings. The summed E-state index contributed by atoms with van der Waals surface area (Å²) >= 11 is 0. The highest BCUT2D eigenvalue weighted by molar-refractivity contribution is 5.79. The van der Waals surface area contributed by atoms with Gasteiger partial charge in [-0.3, -0.25) is 9.89 Å². The van der Waals surface area contributed by atoms with E-state index in [-0.39, 0.29) is 0 Å². The Hall–Kier alpha value is -1.63. The Morgan fingerprint density at radius 1 is 1.21 bits per heavy atom. The minimum absolute atomic E-state index is 0.674. The van der Waals surface area contributed by atoms with Crippen LogP contribution >= 0.6 is 0 Å². The molecule has 29 heavy (non-hydrogen) atoms. The van der Waals surface area contributed by atoms with Crippen LogP contribution in [0.25, 0.3) is 0 Å². The highest BCUT2D eigenvalue weighted by Gasteiger charge is 2.15. The zero-order valence-electron chi connectivity index (χ0n) is 18.0. The molecule has 1 saturated heterocycles. The minimum Gasteiger partial charge on any atom is -0.381 e.